The minimum absolute atomic E-state index is 0.0893. The van der Waals surface area contributed by atoms with Gasteiger partial charge in [0.25, 0.3) is 5.82 Å². The number of alkyl halides is 3. The lowest BCUT2D eigenvalue weighted by Crippen LogP contribution is -2.11. The van der Waals surface area contributed by atoms with Crippen LogP contribution in [0.3, 0.4) is 0 Å². The van der Waals surface area contributed by atoms with Crippen LogP contribution < -0.4 is 0 Å². The standard InChI is InChI=1S/C10H5F3N4OS/c11-10(12,13)8-14-15-9-17(8)16-7(19-9)4-3-6-2-1-5-18-6/h1-5H. The van der Waals surface area contributed by atoms with Gasteiger partial charge in [-0.3, -0.25) is 0 Å². The third-order valence-electron chi connectivity index (χ3n) is 2.19. The van der Waals surface area contributed by atoms with Crippen molar-refractivity contribution in [3.05, 3.63) is 35.0 Å². The van der Waals surface area contributed by atoms with Crippen molar-refractivity contribution >= 4 is 28.4 Å². The molecule has 98 valence electrons. The van der Waals surface area contributed by atoms with Gasteiger partial charge < -0.3 is 4.42 Å². The van der Waals surface area contributed by atoms with Gasteiger partial charge >= 0.3 is 6.18 Å². The Morgan fingerprint density at radius 1 is 1.26 bits per heavy atom. The molecule has 3 aromatic heterocycles. The van der Waals surface area contributed by atoms with Crippen LogP contribution in [0.2, 0.25) is 0 Å². The molecule has 0 saturated carbocycles. The molecule has 3 rings (SSSR count). The fourth-order valence-electron chi connectivity index (χ4n) is 1.42. The van der Waals surface area contributed by atoms with Gasteiger partial charge in [0.05, 0.1) is 6.26 Å². The molecule has 0 fully saturated rings. The molecule has 0 unspecified atom stereocenters. The summed E-state index contributed by atoms with van der Waals surface area (Å²) in [5, 5.41) is 10.7. The van der Waals surface area contributed by atoms with E-state index >= 15 is 0 Å². The first-order valence-corrected chi connectivity index (χ1v) is 5.87. The molecule has 19 heavy (non-hydrogen) atoms. The van der Waals surface area contributed by atoms with Crippen LogP contribution in [0.4, 0.5) is 13.2 Å². The highest BCUT2D eigenvalue weighted by Gasteiger charge is 2.38. The predicted octanol–water partition coefficient (Wildman–Crippen LogP) is 2.97. The van der Waals surface area contributed by atoms with E-state index < -0.39 is 12.0 Å². The highest BCUT2D eigenvalue weighted by molar-refractivity contribution is 7.17. The Morgan fingerprint density at radius 3 is 2.79 bits per heavy atom. The van der Waals surface area contributed by atoms with E-state index in [9.17, 15) is 13.2 Å². The van der Waals surface area contributed by atoms with Gasteiger partial charge in [0.2, 0.25) is 4.96 Å². The van der Waals surface area contributed by atoms with E-state index in [0.29, 0.717) is 15.3 Å². The highest BCUT2D eigenvalue weighted by atomic mass is 32.1. The van der Waals surface area contributed by atoms with Gasteiger partial charge in [-0.1, -0.05) is 11.3 Å². The summed E-state index contributed by atoms with van der Waals surface area (Å²) in [7, 11) is 0. The van der Waals surface area contributed by atoms with E-state index in [1.165, 1.54) is 6.26 Å². The Bertz CT molecular complexity index is 726. The van der Waals surface area contributed by atoms with E-state index in [4.69, 9.17) is 4.42 Å². The number of aromatic nitrogens is 4. The lowest BCUT2D eigenvalue weighted by Gasteiger charge is -1.99. The number of nitrogens with zero attached hydrogens (tertiary/aromatic N) is 4. The summed E-state index contributed by atoms with van der Waals surface area (Å²) in [6.07, 6.45) is 0.0901. The van der Waals surface area contributed by atoms with Crippen LogP contribution in [0.5, 0.6) is 0 Å². The van der Waals surface area contributed by atoms with Gasteiger partial charge in [-0.15, -0.1) is 10.2 Å². The topological polar surface area (TPSA) is 56.2 Å². The third kappa shape index (κ3) is 2.24. The molecule has 9 heteroatoms. The number of fused-ring (bicyclic) bond motifs is 1. The van der Waals surface area contributed by atoms with Gasteiger partial charge in [-0.05, 0) is 24.3 Å². The molecule has 0 aliphatic heterocycles. The smallest absolute Gasteiger partial charge is 0.453 e. The molecule has 0 aromatic carbocycles. The molecule has 5 nitrogen and oxygen atoms in total. The van der Waals surface area contributed by atoms with Crippen LogP contribution in [0, 0.1) is 0 Å². The minimum Gasteiger partial charge on any atom is -0.465 e. The first-order chi connectivity index (χ1) is 9.04. The van der Waals surface area contributed by atoms with Crippen molar-refractivity contribution in [2.45, 2.75) is 6.18 Å². The lowest BCUT2D eigenvalue weighted by atomic mass is 10.4. The summed E-state index contributed by atoms with van der Waals surface area (Å²) in [4.78, 5) is 0.0893. The van der Waals surface area contributed by atoms with E-state index in [-0.39, 0.29) is 4.96 Å². The largest absolute Gasteiger partial charge is 0.465 e. The summed E-state index contributed by atoms with van der Waals surface area (Å²) in [5.74, 6) is -0.543. The molecule has 3 aromatic rings. The normalized spacial score (nSPS) is 12.8. The highest BCUT2D eigenvalue weighted by Crippen LogP contribution is 2.29. The molecule has 3 heterocycles. The summed E-state index contributed by atoms with van der Waals surface area (Å²) >= 11 is 1.01. The van der Waals surface area contributed by atoms with Crippen LogP contribution in [0.25, 0.3) is 17.1 Å². The van der Waals surface area contributed by atoms with E-state index in [0.717, 1.165) is 11.3 Å². The maximum atomic E-state index is 12.6. The summed E-state index contributed by atoms with van der Waals surface area (Å²) in [6.45, 7) is 0. The predicted molar refractivity (Wildman–Crippen MR) is 61.3 cm³/mol. The van der Waals surface area contributed by atoms with Crippen molar-refractivity contribution < 1.29 is 17.6 Å². The van der Waals surface area contributed by atoms with Crippen LogP contribution in [-0.2, 0) is 6.18 Å². The average Bonchev–Trinajstić information content (AvgIpc) is 3.00. The van der Waals surface area contributed by atoms with Crippen molar-refractivity contribution in [1.82, 2.24) is 19.8 Å². The number of hydrogen-bond acceptors (Lipinski definition) is 5. The van der Waals surface area contributed by atoms with Crippen LogP contribution in [0.1, 0.15) is 16.6 Å². The summed E-state index contributed by atoms with van der Waals surface area (Å²) in [6, 6.07) is 3.43. The van der Waals surface area contributed by atoms with Crippen LogP contribution >= 0.6 is 11.3 Å². The van der Waals surface area contributed by atoms with Crippen LogP contribution in [0.15, 0.2) is 22.8 Å². The Labute approximate surface area is 108 Å². The Morgan fingerprint density at radius 2 is 2.11 bits per heavy atom. The first-order valence-electron chi connectivity index (χ1n) is 5.05. The Hall–Kier alpha value is -2.16. The zero-order valence-electron chi connectivity index (χ0n) is 9.13. The van der Waals surface area contributed by atoms with Gasteiger partial charge in [-0.25, -0.2) is 0 Å². The number of halogens is 3. The monoisotopic (exact) mass is 286 g/mol. The van der Waals surface area contributed by atoms with Crippen molar-refractivity contribution in [1.29, 1.82) is 0 Å². The van der Waals surface area contributed by atoms with Gasteiger partial charge in [-0.2, -0.15) is 22.8 Å². The fourth-order valence-corrected chi connectivity index (χ4v) is 2.16. The second kappa shape index (κ2) is 4.19. The van der Waals surface area contributed by atoms with Crippen molar-refractivity contribution in [2.24, 2.45) is 0 Å². The quantitative estimate of drug-likeness (QED) is 0.726. The van der Waals surface area contributed by atoms with Crippen LogP contribution in [-0.4, -0.2) is 19.8 Å². The zero-order valence-corrected chi connectivity index (χ0v) is 9.94. The molecule has 0 saturated heterocycles. The third-order valence-corrected chi connectivity index (χ3v) is 3.06. The molecular weight excluding hydrogens is 281 g/mol. The van der Waals surface area contributed by atoms with Crippen molar-refractivity contribution in [3.63, 3.8) is 0 Å². The zero-order chi connectivity index (χ0) is 13.5. The van der Waals surface area contributed by atoms with Crippen molar-refractivity contribution in [3.8, 4) is 0 Å². The second-order valence-corrected chi connectivity index (χ2v) is 4.49. The summed E-state index contributed by atoms with van der Waals surface area (Å²) < 4.78 is 43.5. The SMILES string of the molecule is FC(F)(F)c1nnc2sc(C=Cc3ccco3)nn12. The van der Waals surface area contributed by atoms with Gasteiger partial charge in [0.15, 0.2) is 0 Å². The molecule has 0 aliphatic carbocycles. The van der Waals surface area contributed by atoms with Gasteiger partial charge in [0.1, 0.15) is 10.8 Å². The summed E-state index contributed by atoms with van der Waals surface area (Å²) in [5.41, 5.74) is 0. The lowest BCUT2D eigenvalue weighted by molar-refractivity contribution is -0.146. The maximum absolute atomic E-state index is 12.6. The first kappa shape index (κ1) is 11.9. The van der Waals surface area contributed by atoms with E-state index in [1.54, 1.807) is 24.3 Å². The molecule has 0 aliphatic rings. The number of hydrogen-bond donors (Lipinski definition) is 0. The average molecular weight is 286 g/mol. The molecule has 0 bridgehead atoms. The fraction of sp³-hybridized carbons (Fsp3) is 0.100. The van der Waals surface area contributed by atoms with Gasteiger partial charge in [0, 0.05) is 0 Å². The molecular formula is C10H5F3N4OS. The van der Waals surface area contributed by atoms with E-state index in [1.807, 2.05) is 0 Å². The van der Waals surface area contributed by atoms with Crippen molar-refractivity contribution in [2.75, 3.05) is 0 Å². The molecule has 0 spiro atoms. The number of furan rings is 1. The molecule has 0 amide bonds. The Balaban J connectivity index is 1.96. The second-order valence-electron chi connectivity index (χ2n) is 3.50. The molecule has 0 N–H and O–H groups in total. The number of rotatable bonds is 2. The maximum Gasteiger partial charge on any atom is 0.453 e. The Kier molecular flexibility index (Phi) is 2.63. The molecule has 0 radical (unpaired) electrons. The minimum atomic E-state index is -4.57. The molecule has 0 atom stereocenters. The van der Waals surface area contributed by atoms with E-state index in [2.05, 4.69) is 15.3 Å².